The first kappa shape index (κ1) is 13.0. The van der Waals surface area contributed by atoms with Crippen LogP contribution in [0.15, 0.2) is 23.5 Å². The van der Waals surface area contributed by atoms with E-state index in [9.17, 15) is 0 Å². The van der Waals surface area contributed by atoms with Crippen molar-refractivity contribution in [1.82, 2.24) is 9.97 Å². The number of aromatic nitrogens is 2. The molecule has 2 aromatic rings. The summed E-state index contributed by atoms with van der Waals surface area (Å²) in [5.41, 5.74) is 0.866. The minimum absolute atomic E-state index is 0.469. The fraction of sp³-hybridized carbons (Fsp3) is 0.385. The van der Waals surface area contributed by atoms with Gasteiger partial charge in [0, 0.05) is 16.7 Å². The Morgan fingerprint density at radius 1 is 1.06 bits per heavy atom. The maximum Gasteiger partial charge on any atom is 0.162 e. The predicted molar refractivity (Wildman–Crippen MR) is 73.6 cm³/mol. The molecular weight excluding hydrogens is 248 g/mol. The number of rotatable bonds is 4. The molecular formula is C13H16N2O2S. The molecule has 0 fully saturated rings. The lowest BCUT2D eigenvalue weighted by Gasteiger charge is -2.11. The van der Waals surface area contributed by atoms with Gasteiger partial charge in [-0.2, -0.15) is 0 Å². The van der Waals surface area contributed by atoms with Crippen LogP contribution in [0, 0.1) is 0 Å². The summed E-state index contributed by atoms with van der Waals surface area (Å²) < 4.78 is 10.6. The fourth-order valence-corrected chi connectivity index (χ4v) is 2.52. The number of hydrogen-bond donors (Lipinski definition) is 0. The van der Waals surface area contributed by atoms with Crippen LogP contribution >= 0.6 is 11.8 Å². The van der Waals surface area contributed by atoms with Crippen molar-refractivity contribution in [1.29, 1.82) is 0 Å². The summed E-state index contributed by atoms with van der Waals surface area (Å²) in [5, 5.41) is 2.43. The van der Waals surface area contributed by atoms with Crippen LogP contribution in [0.2, 0.25) is 0 Å². The Kier molecular flexibility index (Phi) is 3.91. The zero-order valence-corrected chi connectivity index (χ0v) is 11.7. The van der Waals surface area contributed by atoms with Crippen LogP contribution in [0.25, 0.3) is 10.9 Å². The Balaban J connectivity index is 2.61. The van der Waals surface area contributed by atoms with Crippen molar-refractivity contribution in [3.05, 3.63) is 18.5 Å². The van der Waals surface area contributed by atoms with E-state index in [0.717, 1.165) is 15.9 Å². The standard InChI is InChI=1S/C13H16N2O2S/c1-8(2)18-13-9-5-11(16-3)12(17-4)6-10(9)14-7-15-13/h5-8H,1-4H3. The molecule has 0 saturated carbocycles. The molecule has 1 aromatic heterocycles. The van der Waals surface area contributed by atoms with Gasteiger partial charge in [-0.25, -0.2) is 9.97 Å². The SMILES string of the molecule is COc1cc2ncnc(SC(C)C)c2cc1OC. The van der Waals surface area contributed by atoms with E-state index in [4.69, 9.17) is 9.47 Å². The van der Waals surface area contributed by atoms with Gasteiger partial charge in [-0.15, -0.1) is 11.8 Å². The van der Waals surface area contributed by atoms with Crippen molar-refractivity contribution >= 4 is 22.7 Å². The molecule has 0 N–H and O–H groups in total. The topological polar surface area (TPSA) is 44.2 Å². The molecule has 0 aliphatic carbocycles. The lowest BCUT2D eigenvalue weighted by atomic mass is 10.2. The maximum absolute atomic E-state index is 5.31. The second-order valence-corrected chi connectivity index (χ2v) is 5.63. The first-order chi connectivity index (χ1) is 8.65. The molecule has 0 spiro atoms. The summed E-state index contributed by atoms with van der Waals surface area (Å²) in [6.07, 6.45) is 1.58. The van der Waals surface area contributed by atoms with Crippen LogP contribution in [0.4, 0.5) is 0 Å². The minimum atomic E-state index is 0.469. The van der Waals surface area contributed by atoms with Crippen LogP contribution < -0.4 is 9.47 Å². The van der Waals surface area contributed by atoms with Gasteiger partial charge < -0.3 is 9.47 Å². The van der Waals surface area contributed by atoms with Gasteiger partial charge in [-0.3, -0.25) is 0 Å². The zero-order chi connectivity index (χ0) is 13.1. The van der Waals surface area contributed by atoms with E-state index < -0.39 is 0 Å². The molecule has 0 saturated heterocycles. The van der Waals surface area contributed by atoms with Crippen molar-refractivity contribution in [2.45, 2.75) is 24.1 Å². The summed E-state index contributed by atoms with van der Waals surface area (Å²) in [7, 11) is 3.25. The molecule has 1 heterocycles. The monoisotopic (exact) mass is 264 g/mol. The van der Waals surface area contributed by atoms with Crippen molar-refractivity contribution in [2.24, 2.45) is 0 Å². The van der Waals surface area contributed by atoms with E-state index in [1.54, 1.807) is 32.3 Å². The molecule has 5 heteroatoms. The first-order valence-electron chi connectivity index (χ1n) is 5.69. The van der Waals surface area contributed by atoms with Crippen LogP contribution in [-0.2, 0) is 0 Å². The molecule has 0 radical (unpaired) electrons. The number of ether oxygens (including phenoxy) is 2. The number of benzene rings is 1. The molecule has 0 bridgehead atoms. The summed E-state index contributed by atoms with van der Waals surface area (Å²) >= 11 is 1.71. The second kappa shape index (κ2) is 5.44. The number of nitrogens with zero attached hydrogens (tertiary/aromatic N) is 2. The Hall–Kier alpha value is -1.49. The Morgan fingerprint density at radius 3 is 2.33 bits per heavy atom. The predicted octanol–water partition coefficient (Wildman–Crippen LogP) is 3.15. The van der Waals surface area contributed by atoms with E-state index in [1.807, 2.05) is 12.1 Å². The van der Waals surface area contributed by atoms with Crippen molar-refractivity contribution < 1.29 is 9.47 Å². The number of methoxy groups -OCH3 is 2. The average Bonchev–Trinajstić information content (AvgIpc) is 2.37. The average molecular weight is 264 g/mol. The molecule has 0 aliphatic heterocycles. The Bertz CT molecular complexity index is 558. The number of hydrogen-bond acceptors (Lipinski definition) is 5. The van der Waals surface area contributed by atoms with Gasteiger partial charge in [-0.05, 0) is 6.07 Å². The van der Waals surface area contributed by atoms with E-state index in [0.29, 0.717) is 16.7 Å². The summed E-state index contributed by atoms with van der Waals surface area (Å²) in [6.45, 7) is 4.28. The third kappa shape index (κ3) is 2.51. The quantitative estimate of drug-likeness (QED) is 0.627. The molecule has 4 nitrogen and oxygen atoms in total. The van der Waals surface area contributed by atoms with Crippen LogP contribution in [0.5, 0.6) is 11.5 Å². The highest BCUT2D eigenvalue weighted by Crippen LogP contribution is 2.35. The van der Waals surface area contributed by atoms with Crippen LogP contribution in [0.3, 0.4) is 0 Å². The summed E-state index contributed by atoms with van der Waals surface area (Å²) in [5.74, 6) is 1.38. The molecule has 1 aromatic carbocycles. The second-order valence-electron chi connectivity index (χ2n) is 4.07. The summed E-state index contributed by atoms with van der Waals surface area (Å²) in [6, 6.07) is 3.80. The molecule has 0 aliphatic rings. The van der Waals surface area contributed by atoms with E-state index in [1.165, 1.54) is 0 Å². The van der Waals surface area contributed by atoms with Gasteiger partial charge in [0.1, 0.15) is 11.4 Å². The molecule has 0 unspecified atom stereocenters. The molecule has 18 heavy (non-hydrogen) atoms. The van der Waals surface area contributed by atoms with Crippen LogP contribution in [-0.4, -0.2) is 29.4 Å². The Labute approximate surface area is 111 Å². The van der Waals surface area contributed by atoms with Gasteiger partial charge >= 0.3 is 0 Å². The normalized spacial score (nSPS) is 10.9. The Morgan fingerprint density at radius 2 is 1.72 bits per heavy atom. The van der Waals surface area contributed by atoms with Gasteiger partial charge in [-0.1, -0.05) is 13.8 Å². The van der Waals surface area contributed by atoms with Gasteiger partial charge in [0.2, 0.25) is 0 Å². The van der Waals surface area contributed by atoms with Crippen molar-refractivity contribution in [3.8, 4) is 11.5 Å². The first-order valence-corrected chi connectivity index (χ1v) is 6.57. The highest BCUT2D eigenvalue weighted by atomic mass is 32.2. The van der Waals surface area contributed by atoms with E-state index in [2.05, 4.69) is 23.8 Å². The maximum atomic E-state index is 5.31. The highest BCUT2D eigenvalue weighted by Gasteiger charge is 2.11. The zero-order valence-electron chi connectivity index (χ0n) is 10.9. The largest absolute Gasteiger partial charge is 0.493 e. The number of fused-ring (bicyclic) bond motifs is 1. The van der Waals surface area contributed by atoms with Crippen molar-refractivity contribution in [3.63, 3.8) is 0 Å². The van der Waals surface area contributed by atoms with E-state index >= 15 is 0 Å². The van der Waals surface area contributed by atoms with Crippen LogP contribution in [0.1, 0.15) is 13.8 Å². The molecule has 2 rings (SSSR count). The number of thioether (sulfide) groups is 1. The van der Waals surface area contributed by atoms with Gasteiger partial charge in [0.25, 0.3) is 0 Å². The van der Waals surface area contributed by atoms with E-state index in [-0.39, 0.29) is 0 Å². The molecule has 96 valence electrons. The third-order valence-corrected chi connectivity index (χ3v) is 3.47. The molecule has 0 amide bonds. The van der Waals surface area contributed by atoms with Gasteiger partial charge in [0.05, 0.1) is 19.7 Å². The summed E-state index contributed by atoms with van der Waals surface area (Å²) in [4.78, 5) is 8.61. The molecule has 0 atom stereocenters. The van der Waals surface area contributed by atoms with Gasteiger partial charge in [0.15, 0.2) is 11.5 Å². The smallest absolute Gasteiger partial charge is 0.162 e. The highest BCUT2D eigenvalue weighted by molar-refractivity contribution is 8.00. The minimum Gasteiger partial charge on any atom is -0.493 e. The lowest BCUT2D eigenvalue weighted by Crippen LogP contribution is -1.95. The van der Waals surface area contributed by atoms with Crippen molar-refractivity contribution in [2.75, 3.05) is 14.2 Å². The fourth-order valence-electron chi connectivity index (χ4n) is 1.68. The lowest BCUT2D eigenvalue weighted by molar-refractivity contribution is 0.355. The third-order valence-electron chi connectivity index (χ3n) is 2.45.